The molecule has 0 aliphatic carbocycles. The van der Waals surface area contributed by atoms with Crippen LogP contribution in [0.15, 0.2) is 24.3 Å². The Bertz CT molecular complexity index is 481. The molecule has 5 heteroatoms. The Hall–Kier alpha value is -2.04. The van der Waals surface area contributed by atoms with E-state index >= 15 is 0 Å². The highest BCUT2D eigenvalue weighted by atomic mass is 16.4. The van der Waals surface area contributed by atoms with Gasteiger partial charge in [0.15, 0.2) is 0 Å². The third-order valence-electron chi connectivity index (χ3n) is 3.52. The Morgan fingerprint density at radius 2 is 1.81 bits per heavy atom. The van der Waals surface area contributed by atoms with E-state index in [-0.39, 0.29) is 17.9 Å². The largest absolute Gasteiger partial charge is 0.481 e. The van der Waals surface area contributed by atoms with Gasteiger partial charge in [-0.15, -0.1) is 0 Å². The molecule has 2 amide bonds. The first-order valence-corrected chi connectivity index (χ1v) is 7.18. The van der Waals surface area contributed by atoms with Gasteiger partial charge < -0.3 is 15.7 Å². The number of urea groups is 1. The monoisotopic (exact) mass is 292 g/mol. The molecule has 0 atom stereocenters. The minimum atomic E-state index is -0.810. The van der Waals surface area contributed by atoms with Crippen LogP contribution >= 0.6 is 0 Å². The number of carbonyl (C=O) groups is 2. The molecule has 0 aliphatic heterocycles. The van der Waals surface area contributed by atoms with Crippen LogP contribution < -0.4 is 10.6 Å². The zero-order valence-electron chi connectivity index (χ0n) is 12.9. The summed E-state index contributed by atoms with van der Waals surface area (Å²) in [5, 5.41) is 14.2. The number of carboxylic acids is 1. The van der Waals surface area contributed by atoms with Crippen molar-refractivity contribution < 1.29 is 14.7 Å². The van der Waals surface area contributed by atoms with E-state index in [1.165, 1.54) is 0 Å². The van der Waals surface area contributed by atoms with Gasteiger partial charge in [0.25, 0.3) is 0 Å². The molecular weight excluding hydrogens is 268 g/mol. The van der Waals surface area contributed by atoms with Crippen LogP contribution in [0.4, 0.5) is 10.5 Å². The van der Waals surface area contributed by atoms with Crippen LogP contribution in [-0.2, 0) is 11.2 Å². The fourth-order valence-electron chi connectivity index (χ4n) is 1.63. The summed E-state index contributed by atoms with van der Waals surface area (Å²) in [6.07, 6.45) is 1.59. The van der Waals surface area contributed by atoms with Gasteiger partial charge in [-0.25, -0.2) is 4.79 Å². The van der Waals surface area contributed by atoms with Gasteiger partial charge in [-0.1, -0.05) is 32.9 Å². The van der Waals surface area contributed by atoms with Gasteiger partial charge in [0.05, 0.1) is 0 Å². The maximum absolute atomic E-state index is 11.8. The Balaban J connectivity index is 2.44. The lowest BCUT2D eigenvalue weighted by Crippen LogP contribution is -2.36. The molecule has 0 fully saturated rings. The smallest absolute Gasteiger partial charge is 0.319 e. The Kier molecular flexibility index (Phi) is 6.21. The van der Waals surface area contributed by atoms with E-state index in [4.69, 9.17) is 5.11 Å². The predicted octanol–water partition coefficient (Wildman–Crippen LogP) is 3.26. The van der Waals surface area contributed by atoms with Crippen LogP contribution in [0.3, 0.4) is 0 Å². The lowest BCUT2D eigenvalue weighted by atomic mass is 9.90. The van der Waals surface area contributed by atoms with Crippen LogP contribution in [0.25, 0.3) is 0 Å². The predicted molar refractivity (Wildman–Crippen MR) is 83.5 cm³/mol. The van der Waals surface area contributed by atoms with E-state index < -0.39 is 5.97 Å². The second kappa shape index (κ2) is 7.67. The normalized spacial score (nSPS) is 11.0. The van der Waals surface area contributed by atoms with Crippen LogP contribution in [0.5, 0.6) is 0 Å². The average molecular weight is 292 g/mol. The molecule has 0 heterocycles. The fourth-order valence-corrected chi connectivity index (χ4v) is 1.63. The van der Waals surface area contributed by atoms with E-state index in [0.717, 1.165) is 12.0 Å². The number of nitrogens with one attached hydrogen (secondary N) is 2. The van der Waals surface area contributed by atoms with Gasteiger partial charge >= 0.3 is 12.0 Å². The Labute approximate surface area is 125 Å². The molecule has 1 aromatic rings. The van der Waals surface area contributed by atoms with Crippen molar-refractivity contribution in [2.45, 2.75) is 40.0 Å². The highest BCUT2D eigenvalue weighted by molar-refractivity contribution is 5.89. The van der Waals surface area contributed by atoms with Crippen molar-refractivity contribution in [2.24, 2.45) is 5.41 Å². The summed E-state index contributed by atoms with van der Waals surface area (Å²) >= 11 is 0. The van der Waals surface area contributed by atoms with Gasteiger partial charge in [-0.3, -0.25) is 4.79 Å². The molecule has 0 radical (unpaired) electrons. The third kappa shape index (κ3) is 6.79. The summed E-state index contributed by atoms with van der Waals surface area (Å²) in [5.74, 6) is -0.810. The summed E-state index contributed by atoms with van der Waals surface area (Å²) in [7, 11) is 0. The highest BCUT2D eigenvalue weighted by Gasteiger charge is 2.15. The van der Waals surface area contributed by atoms with Crippen molar-refractivity contribution in [3.63, 3.8) is 0 Å². The van der Waals surface area contributed by atoms with Gasteiger partial charge in [-0.05, 0) is 36.0 Å². The van der Waals surface area contributed by atoms with E-state index in [0.29, 0.717) is 18.7 Å². The van der Waals surface area contributed by atoms with Crippen molar-refractivity contribution in [2.75, 3.05) is 11.9 Å². The summed E-state index contributed by atoms with van der Waals surface area (Å²) in [6.45, 7) is 6.91. The van der Waals surface area contributed by atoms with Crippen molar-refractivity contribution in [3.8, 4) is 0 Å². The van der Waals surface area contributed by atoms with Crippen molar-refractivity contribution in [1.82, 2.24) is 5.32 Å². The van der Waals surface area contributed by atoms with Crippen molar-refractivity contribution in [1.29, 1.82) is 0 Å². The SMILES string of the molecule is CCC(C)(C)CNC(=O)Nc1ccc(CCC(=O)O)cc1. The molecule has 1 rings (SSSR count). The minimum absolute atomic E-state index is 0.0814. The molecule has 0 saturated carbocycles. The number of amides is 2. The summed E-state index contributed by atoms with van der Waals surface area (Å²) in [6, 6.07) is 6.99. The van der Waals surface area contributed by atoms with Crippen LogP contribution in [0, 0.1) is 5.41 Å². The zero-order valence-corrected chi connectivity index (χ0v) is 12.9. The van der Waals surface area contributed by atoms with E-state index in [1.807, 2.05) is 12.1 Å². The van der Waals surface area contributed by atoms with E-state index in [9.17, 15) is 9.59 Å². The van der Waals surface area contributed by atoms with E-state index in [2.05, 4.69) is 31.4 Å². The zero-order chi connectivity index (χ0) is 15.9. The van der Waals surface area contributed by atoms with Crippen LogP contribution in [0.1, 0.15) is 39.2 Å². The van der Waals surface area contributed by atoms with Crippen LogP contribution in [0.2, 0.25) is 0 Å². The molecule has 0 aliphatic rings. The van der Waals surface area contributed by atoms with Crippen LogP contribution in [-0.4, -0.2) is 23.7 Å². The first kappa shape index (κ1) is 17.0. The quantitative estimate of drug-likeness (QED) is 0.721. The Morgan fingerprint density at radius 3 is 2.33 bits per heavy atom. The van der Waals surface area contributed by atoms with E-state index in [1.54, 1.807) is 12.1 Å². The molecular formula is C16H24N2O3. The standard InChI is InChI=1S/C16H24N2O3/c1-4-16(2,3)11-17-15(21)18-13-8-5-12(6-9-13)7-10-14(19)20/h5-6,8-9H,4,7,10-11H2,1-3H3,(H,19,20)(H2,17,18,21). The van der Waals surface area contributed by atoms with Gasteiger partial charge in [0.1, 0.15) is 0 Å². The maximum atomic E-state index is 11.8. The number of carboxylic acid groups (broad SMARTS) is 1. The first-order valence-electron chi connectivity index (χ1n) is 7.18. The molecule has 21 heavy (non-hydrogen) atoms. The van der Waals surface area contributed by atoms with Crippen molar-refractivity contribution >= 4 is 17.7 Å². The molecule has 0 spiro atoms. The number of hydrogen-bond acceptors (Lipinski definition) is 2. The maximum Gasteiger partial charge on any atom is 0.319 e. The number of hydrogen-bond donors (Lipinski definition) is 3. The number of aliphatic carboxylic acids is 1. The third-order valence-corrected chi connectivity index (χ3v) is 3.52. The minimum Gasteiger partial charge on any atom is -0.481 e. The number of benzene rings is 1. The average Bonchev–Trinajstić information content (AvgIpc) is 2.44. The Morgan fingerprint density at radius 1 is 1.19 bits per heavy atom. The summed E-state index contributed by atoms with van der Waals surface area (Å²) < 4.78 is 0. The molecule has 0 bridgehead atoms. The first-order chi connectivity index (χ1) is 9.82. The molecule has 0 aromatic heterocycles. The fraction of sp³-hybridized carbons (Fsp3) is 0.500. The number of anilines is 1. The molecule has 5 nitrogen and oxygen atoms in total. The summed E-state index contributed by atoms with van der Waals surface area (Å²) in [4.78, 5) is 22.3. The number of aryl methyl sites for hydroxylation is 1. The number of carbonyl (C=O) groups excluding carboxylic acids is 1. The molecule has 0 saturated heterocycles. The second-order valence-electron chi connectivity index (χ2n) is 5.92. The second-order valence-corrected chi connectivity index (χ2v) is 5.92. The topological polar surface area (TPSA) is 78.4 Å². The van der Waals surface area contributed by atoms with Gasteiger partial charge in [0, 0.05) is 18.7 Å². The molecule has 1 aromatic carbocycles. The number of rotatable bonds is 7. The summed E-state index contributed by atoms with van der Waals surface area (Å²) in [5.41, 5.74) is 1.72. The lowest BCUT2D eigenvalue weighted by molar-refractivity contribution is -0.136. The van der Waals surface area contributed by atoms with Crippen molar-refractivity contribution in [3.05, 3.63) is 29.8 Å². The highest BCUT2D eigenvalue weighted by Crippen LogP contribution is 2.17. The molecule has 0 unspecified atom stereocenters. The van der Waals surface area contributed by atoms with Gasteiger partial charge in [0.2, 0.25) is 0 Å². The molecule has 3 N–H and O–H groups in total. The molecule has 116 valence electrons. The van der Waals surface area contributed by atoms with Gasteiger partial charge in [-0.2, -0.15) is 0 Å². The lowest BCUT2D eigenvalue weighted by Gasteiger charge is -2.22.